The lowest BCUT2D eigenvalue weighted by Crippen LogP contribution is -2.38. The second-order valence-corrected chi connectivity index (χ2v) is 3.92. The van der Waals surface area contributed by atoms with Crippen LogP contribution in [0.25, 0.3) is 0 Å². The van der Waals surface area contributed by atoms with Gasteiger partial charge in [-0.3, -0.25) is 15.0 Å². The molecule has 0 bridgehead atoms. The highest BCUT2D eigenvalue weighted by Gasteiger charge is 2.33. The van der Waals surface area contributed by atoms with Gasteiger partial charge in [-0.1, -0.05) is 12.1 Å². The number of carbonyl (C=O) groups is 2. The van der Waals surface area contributed by atoms with Crippen molar-refractivity contribution in [2.75, 3.05) is 7.11 Å². The second-order valence-electron chi connectivity index (χ2n) is 3.92. The maximum Gasteiger partial charge on any atom is 0.241 e. The Bertz CT molecular complexity index is 442. The van der Waals surface area contributed by atoms with Crippen molar-refractivity contribution in [1.82, 2.24) is 10.4 Å². The zero-order chi connectivity index (χ0) is 12.4. The highest BCUT2D eigenvalue weighted by molar-refractivity contribution is 5.85. The fourth-order valence-corrected chi connectivity index (χ4v) is 1.92. The van der Waals surface area contributed by atoms with Crippen LogP contribution in [0.15, 0.2) is 24.3 Å². The topological polar surface area (TPSA) is 58.6 Å². The highest BCUT2D eigenvalue weighted by Crippen LogP contribution is 2.28. The second kappa shape index (κ2) is 4.45. The van der Waals surface area contributed by atoms with Crippen LogP contribution in [0.5, 0.6) is 5.75 Å². The molecule has 0 saturated carbocycles. The normalized spacial score (nSPS) is 19.1. The number of carbonyl (C=O) groups excluding carboxylic acids is 2. The van der Waals surface area contributed by atoms with E-state index in [2.05, 4.69) is 5.43 Å². The van der Waals surface area contributed by atoms with E-state index in [1.165, 1.54) is 11.9 Å². The first-order valence-corrected chi connectivity index (χ1v) is 5.35. The lowest BCUT2D eigenvalue weighted by Gasteiger charge is -2.22. The standard InChI is InChI=1S/C12H14N2O3/c1-8(15)14-11(7-12(16)13-14)9-3-5-10(17-2)6-4-9/h3-6,11H,7H2,1-2H3,(H,13,16). The fourth-order valence-electron chi connectivity index (χ4n) is 1.92. The molecule has 17 heavy (non-hydrogen) atoms. The summed E-state index contributed by atoms with van der Waals surface area (Å²) in [5.41, 5.74) is 3.46. The smallest absolute Gasteiger partial charge is 0.241 e. The molecule has 1 aromatic rings. The molecule has 1 unspecified atom stereocenters. The number of methoxy groups -OCH3 is 1. The summed E-state index contributed by atoms with van der Waals surface area (Å²) in [5, 5.41) is 1.37. The van der Waals surface area contributed by atoms with Gasteiger partial charge in [0, 0.05) is 6.92 Å². The van der Waals surface area contributed by atoms with E-state index < -0.39 is 0 Å². The molecule has 0 aliphatic carbocycles. The van der Waals surface area contributed by atoms with Crippen molar-refractivity contribution < 1.29 is 14.3 Å². The summed E-state index contributed by atoms with van der Waals surface area (Å²) < 4.78 is 5.06. The van der Waals surface area contributed by atoms with Gasteiger partial charge in [0.05, 0.1) is 19.6 Å². The quantitative estimate of drug-likeness (QED) is 0.831. The largest absolute Gasteiger partial charge is 0.497 e. The molecule has 0 radical (unpaired) electrons. The number of benzene rings is 1. The van der Waals surface area contributed by atoms with Gasteiger partial charge in [-0.05, 0) is 17.7 Å². The number of ether oxygens (including phenoxy) is 1. The van der Waals surface area contributed by atoms with Crippen LogP contribution in [-0.2, 0) is 9.59 Å². The maximum absolute atomic E-state index is 11.4. The molecule has 1 heterocycles. The Kier molecular flexibility index (Phi) is 2.99. The molecule has 1 aliphatic heterocycles. The Balaban J connectivity index is 2.25. The molecule has 0 spiro atoms. The fraction of sp³-hybridized carbons (Fsp3) is 0.333. The van der Waals surface area contributed by atoms with E-state index in [0.717, 1.165) is 11.3 Å². The van der Waals surface area contributed by atoms with Crippen LogP contribution in [-0.4, -0.2) is 23.9 Å². The van der Waals surface area contributed by atoms with E-state index in [1.807, 2.05) is 24.3 Å². The van der Waals surface area contributed by atoms with Crippen molar-refractivity contribution in [2.45, 2.75) is 19.4 Å². The summed E-state index contributed by atoms with van der Waals surface area (Å²) in [7, 11) is 1.59. The van der Waals surface area contributed by atoms with Crippen LogP contribution >= 0.6 is 0 Å². The molecule has 0 aromatic heterocycles. The SMILES string of the molecule is COc1ccc(C2CC(=O)NN2C(C)=O)cc1. The van der Waals surface area contributed by atoms with Crippen molar-refractivity contribution in [3.05, 3.63) is 29.8 Å². The molecule has 5 heteroatoms. The summed E-state index contributed by atoms with van der Waals surface area (Å²) in [4.78, 5) is 22.7. The number of hydrogen-bond donors (Lipinski definition) is 1. The van der Waals surface area contributed by atoms with E-state index in [4.69, 9.17) is 4.74 Å². The monoisotopic (exact) mass is 234 g/mol. The third-order valence-corrected chi connectivity index (χ3v) is 2.78. The van der Waals surface area contributed by atoms with E-state index in [0.29, 0.717) is 6.42 Å². The molecule has 5 nitrogen and oxygen atoms in total. The molecule has 2 rings (SSSR count). The molecule has 1 N–H and O–H groups in total. The Morgan fingerprint density at radius 3 is 2.59 bits per heavy atom. The Hall–Kier alpha value is -2.04. The van der Waals surface area contributed by atoms with Gasteiger partial charge in [0.2, 0.25) is 11.8 Å². The molecule has 1 fully saturated rings. The molecule has 1 aromatic carbocycles. The number of hydrogen-bond acceptors (Lipinski definition) is 3. The molecule has 2 amide bonds. The van der Waals surface area contributed by atoms with Crippen molar-refractivity contribution in [2.24, 2.45) is 0 Å². The van der Waals surface area contributed by atoms with Crippen LogP contribution in [0, 0.1) is 0 Å². The highest BCUT2D eigenvalue weighted by atomic mass is 16.5. The van der Waals surface area contributed by atoms with E-state index in [-0.39, 0.29) is 17.9 Å². The van der Waals surface area contributed by atoms with E-state index >= 15 is 0 Å². The average Bonchev–Trinajstić information content (AvgIpc) is 2.72. The zero-order valence-corrected chi connectivity index (χ0v) is 9.77. The summed E-state index contributed by atoms with van der Waals surface area (Å²) in [6.07, 6.45) is 0.298. The molecule has 90 valence electrons. The van der Waals surface area contributed by atoms with E-state index in [9.17, 15) is 9.59 Å². The van der Waals surface area contributed by atoms with Gasteiger partial charge >= 0.3 is 0 Å². The molecular weight excluding hydrogens is 220 g/mol. The Labute approximate surface area is 99.3 Å². The third kappa shape index (κ3) is 2.22. The van der Waals surface area contributed by atoms with Gasteiger partial charge in [-0.2, -0.15) is 0 Å². The predicted molar refractivity (Wildman–Crippen MR) is 61.0 cm³/mol. The van der Waals surface area contributed by atoms with Gasteiger partial charge in [-0.25, -0.2) is 5.01 Å². The minimum atomic E-state index is -0.231. The zero-order valence-electron chi connectivity index (χ0n) is 9.77. The van der Waals surface area contributed by atoms with Crippen LogP contribution in [0.2, 0.25) is 0 Å². The number of rotatable bonds is 2. The van der Waals surface area contributed by atoms with Gasteiger partial charge in [-0.15, -0.1) is 0 Å². The van der Waals surface area contributed by atoms with Crippen LogP contribution in [0.3, 0.4) is 0 Å². The number of nitrogens with zero attached hydrogens (tertiary/aromatic N) is 1. The summed E-state index contributed by atoms with van der Waals surface area (Å²) in [6.45, 7) is 1.43. The molecule has 1 aliphatic rings. The van der Waals surface area contributed by atoms with Crippen LogP contribution < -0.4 is 10.2 Å². The van der Waals surface area contributed by atoms with Crippen LogP contribution in [0.1, 0.15) is 24.9 Å². The lowest BCUT2D eigenvalue weighted by atomic mass is 10.0. The maximum atomic E-state index is 11.4. The van der Waals surface area contributed by atoms with Crippen molar-refractivity contribution >= 4 is 11.8 Å². The lowest BCUT2D eigenvalue weighted by molar-refractivity contribution is -0.135. The van der Waals surface area contributed by atoms with Crippen molar-refractivity contribution in [3.8, 4) is 5.75 Å². The molecular formula is C12H14N2O3. The van der Waals surface area contributed by atoms with Gasteiger partial charge in [0.1, 0.15) is 5.75 Å². The minimum absolute atomic E-state index is 0.138. The first-order valence-electron chi connectivity index (χ1n) is 5.35. The third-order valence-electron chi connectivity index (χ3n) is 2.78. The number of hydrazine groups is 1. The van der Waals surface area contributed by atoms with Crippen molar-refractivity contribution in [1.29, 1.82) is 0 Å². The first kappa shape index (κ1) is 11.4. The summed E-state index contributed by atoms with van der Waals surface area (Å²) in [6, 6.07) is 7.12. The van der Waals surface area contributed by atoms with Gasteiger partial charge in [0.25, 0.3) is 0 Å². The number of nitrogens with one attached hydrogen (secondary N) is 1. The minimum Gasteiger partial charge on any atom is -0.497 e. The van der Waals surface area contributed by atoms with Crippen molar-refractivity contribution in [3.63, 3.8) is 0 Å². The number of amides is 2. The van der Waals surface area contributed by atoms with Gasteiger partial charge < -0.3 is 4.74 Å². The average molecular weight is 234 g/mol. The summed E-state index contributed by atoms with van der Waals surface area (Å²) in [5.74, 6) is 0.443. The Morgan fingerprint density at radius 2 is 2.06 bits per heavy atom. The molecule has 1 atom stereocenters. The first-order chi connectivity index (χ1) is 8.11. The van der Waals surface area contributed by atoms with Crippen LogP contribution in [0.4, 0.5) is 0 Å². The Morgan fingerprint density at radius 1 is 1.41 bits per heavy atom. The predicted octanol–water partition coefficient (Wildman–Crippen LogP) is 1.02. The molecule has 1 saturated heterocycles. The van der Waals surface area contributed by atoms with E-state index in [1.54, 1.807) is 7.11 Å². The summed E-state index contributed by atoms with van der Waals surface area (Å²) >= 11 is 0. The van der Waals surface area contributed by atoms with Gasteiger partial charge in [0.15, 0.2) is 0 Å².